The van der Waals surface area contributed by atoms with Crippen LogP contribution in [-0.2, 0) is 0 Å². The number of nitrogens with one attached hydrogen (secondary N) is 2. The molecule has 2 aromatic heterocycles. The maximum Gasteiger partial charge on any atom is 0.274 e. The Hall–Kier alpha value is -3.26. The van der Waals surface area contributed by atoms with Crippen LogP contribution in [0.15, 0.2) is 42.6 Å². The zero-order valence-electron chi connectivity index (χ0n) is 17.4. The van der Waals surface area contributed by atoms with E-state index in [-0.39, 0.29) is 11.6 Å². The summed E-state index contributed by atoms with van der Waals surface area (Å²) in [6.45, 7) is 9.13. The van der Waals surface area contributed by atoms with E-state index in [0.717, 1.165) is 19.6 Å². The molecule has 0 aliphatic carbocycles. The number of aryl methyl sites for hydroxylation is 1. The first-order chi connectivity index (χ1) is 14.4. The van der Waals surface area contributed by atoms with Crippen molar-refractivity contribution in [3.8, 4) is 0 Å². The van der Waals surface area contributed by atoms with Crippen molar-refractivity contribution in [3.05, 3.63) is 65.4 Å². The van der Waals surface area contributed by atoms with E-state index in [4.69, 9.17) is 0 Å². The predicted octanol–water partition coefficient (Wildman–Crippen LogP) is 3.11. The lowest BCUT2D eigenvalue weighted by atomic mass is 10.2. The molecule has 7 nitrogen and oxygen atoms in total. The van der Waals surface area contributed by atoms with Crippen LogP contribution in [0.2, 0.25) is 0 Å². The van der Waals surface area contributed by atoms with E-state index in [9.17, 15) is 14.0 Å². The van der Waals surface area contributed by atoms with Gasteiger partial charge in [0, 0.05) is 30.5 Å². The highest BCUT2D eigenvalue weighted by Gasteiger charge is 2.17. The molecule has 158 valence electrons. The Labute approximate surface area is 174 Å². The van der Waals surface area contributed by atoms with Crippen molar-refractivity contribution in [1.29, 1.82) is 0 Å². The molecule has 0 saturated heterocycles. The topological polar surface area (TPSA) is 78.7 Å². The van der Waals surface area contributed by atoms with Gasteiger partial charge >= 0.3 is 0 Å². The highest BCUT2D eigenvalue weighted by atomic mass is 19.1. The first-order valence-electron chi connectivity index (χ1n) is 9.99. The van der Waals surface area contributed by atoms with E-state index >= 15 is 0 Å². The molecule has 3 rings (SSSR count). The summed E-state index contributed by atoms with van der Waals surface area (Å²) in [5, 5.41) is 5.67. The van der Waals surface area contributed by atoms with Crippen LogP contribution >= 0.6 is 0 Å². The smallest absolute Gasteiger partial charge is 0.274 e. The van der Waals surface area contributed by atoms with Crippen LogP contribution in [0, 0.1) is 12.7 Å². The van der Waals surface area contributed by atoms with Crippen molar-refractivity contribution in [2.45, 2.75) is 20.8 Å². The summed E-state index contributed by atoms with van der Waals surface area (Å²) in [7, 11) is 0. The highest BCUT2D eigenvalue weighted by molar-refractivity contribution is 6.04. The van der Waals surface area contributed by atoms with Crippen molar-refractivity contribution >= 4 is 23.1 Å². The molecule has 0 radical (unpaired) electrons. The summed E-state index contributed by atoms with van der Waals surface area (Å²) in [6, 6.07) is 9.46. The molecule has 0 fully saturated rings. The molecule has 2 amide bonds. The number of nitrogens with zero attached hydrogens (tertiary/aromatic N) is 3. The lowest BCUT2D eigenvalue weighted by Gasteiger charge is -2.18. The molecule has 0 aliphatic rings. The summed E-state index contributed by atoms with van der Waals surface area (Å²) in [4.78, 5) is 31.5. The van der Waals surface area contributed by atoms with Gasteiger partial charge in [0.2, 0.25) is 0 Å². The van der Waals surface area contributed by atoms with Gasteiger partial charge in [-0.25, -0.2) is 9.37 Å². The van der Waals surface area contributed by atoms with Crippen LogP contribution < -0.4 is 10.6 Å². The maximum atomic E-state index is 13.6. The van der Waals surface area contributed by atoms with Gasteiger partial charge in [0.1, 0.15) is 17.2 Å². The molecule has 8 heteroatoms. The van der Waals surface area contributed by atoms with Gasteiger partial charge in [-0.3, -0.25) is 14.0 Å². The summed E-state index contributed by atoms with van der Waals surface area (Å²) in [5.74, 6) is -1.01. The van der Waals surface area contributed by atoms with Crippen LogP contribution in [0.4, 0.5) is 10.1 Å². The fourth-order valence-corrected chi connectivity index (χ4v) is 3.27. The normalized spacial score (nSPS) is 11.1. The molecule has 0 spiro atoms. The number of anilines is 1. The van der Waals surface area contributed by atoms with Crippen LogP contribution in [0.1, 0.15) is 40.4 Å². The Bertz CT molecular complexity index is 1040. The molecule has 0 bridgehead atoms. The fourth-order valence-electron chi connectivity index (χ4n) is 3.27. The number of pyridine rings is 1. The number of benzene rings is 1. The number of imidazole rings is 1. The van der Waals surface area contributed by atoms with E-state index in [1.807, 2.05) is 0 Å². The third-order valence-electron chi connectivity index (χ3n) is 4.98. The zero-order valence-corrected chi connectivity index (χ0v) is 17.4. The lowest BCUT2D eigenvalue weighted by molar-refractivity contribution is 0.0948. The average Bonchev–Trinajstić information content (AvgIpc) is 3.06. The molecule has 0 atom stereocenters. The van der Waals surface area contributed by atoms with Gasteiger partial charge in [-0.1, -0.05) is 13.8 Å². The predicted molar refractivity (Wildman–Crippen MR) is 114 cm³/mol. The fraction of sp³-hybridized carbons (Fsp3) is 0.318. The SMILES string of the molecule is CCN(CC)CCNC(=O)c1ccc(NC(=O)c2c(C)nc3ccc(F)cn23)cc1. The van der Waals surface area contributed by atoms with Gasteiger partial charge in [-0.15, -0.1) is 0 Å². The summed E-state index contributed by atoms with van der Waals surface area (Å²) in [6.07, 6.45) is 1.23. The number of likely N-dealkylation sites (N-methyl/N-ethyl adjacent to an activating group) is 1. The molecule has 2 N–H and O–H groups in total. The molecule has 0 saturated carbocycles. The number of fused-ring (bicyclic) bond motifs is 1. The second-order valence-electron chi connectivity index (χ2n) is 6.94. The van der Waals surface area contributed by atoms with Gasteiger partial charge in [0.05, 0.1) is 5.69 Å². The summed E-state index contributed by atoms with van der Waals surface area (Å²) < 4.78 is 15.0. The second kappa shape index (κ2) is 9.49. The van der Waals surface area contributed by atoms with Crippen molar-refractivity contribution < 1.29 is 14.0 Å². The zero-order chi connectivity index (χ0) is 21.7. The second-order valence-corrected chi connectivity index (χ2v) is 6.94. The molecule has 1 aromatic carbocycles. The first kappa shape index (κ1) is 21.4. The molecule has 30 heavy (non-hydrogen) atoms. The Morgan fingerprint density at radius 3 is 2.43 bits per heavy atom. The lowest BCUT2D eigenvalue weighted by Crippen LogP contribution is -2.34. The number of carbonyl (C=O) groups is 2. The Balaban J connectivity index is 1.64. The Morgan fingerprint density at radius 2 is 1.77 bits per heavy atom. The molecule has 0 unspecified atom stereocenters. The molecular weight excluding hydrogens is 385 g/mol. The van der Waals surface area contributed by atoms with Gasteiger partial charge in [0.25, 0.3) is 11.8 Å². The van der Waals surface area contributed by atoms with Crippen LogP contribution in [0.25, 0.3) is 5.65 Å². The van der Waals surface area contributed by atoms with Crippen molar-refractivity contribution in [1.82, 2.24) is 19.6 Å². The number of amides is 2. The number of carbonyl (C=O) groups excluding carboxylic acids is 2. The number of hydrogen-bond donors (Lipinski definition) is 2. The van der Waals surface area contributed by atoms with Crippen LogP contribution in [-0.4, -0.2) is 52.3 Å². The molecular formula is C22H26FN5O2. The van der Waals surface area contributed by atoms with E-state index < -0.39 is 11.7 Å². The largest absolute Gasteiger partial charge is 0.351 e. The van der Waals surface area contributed by atoms with E-state index in [2.05, 4.69) is 34.4 Å². The van der Waals surface area contributed by atoms with Gasteiger partial charge < -0.3 is 15.5 Å². The van der Waals surface area contributed by atoms with E-state index in [1.165, 1.54) is 22.7 Å². The standard InChI is InChI=1S/C22H26FN5O2/c1-4-27(5-2)13-12-24-21(29)16-6-9-18(10-7-16)26-22(30)20-15(3)25-19-11-8-17(23)14-28(19)20/h6-11,14H,4-5,12-13H2,1-3H3,(H,24,29)(H,26,30). The minimum absolute atomic E-state index is 0.159. The van der Waals surface area contributed by atoms with Crippen LogP contribution in [0.3, 0.4) is 0 Å². The van der Waals surface area contributed by atoms with Gasteiger partial charge in [0.15, 0.2) is 0 Å². The third kappa shape index (κ3) is 4.83. The highest BCUT2D eigenvalue weighted by Crippen LogP contribution is 2.16. The number of aromatic nitrogens is 2. The average molecular weight is 411 g/mol. The number of hydrogen-bond acceptors (Lipinski definition) is 4. The third-order valence-corrected chi connectivity index (χ3v) is 4.98. The Kier molecular flexibility index (Phi) is 6.79. The van der Waals surface area contributed by atoms with Gasteiger partial charge in [-0.05, 0) is 56.4 Å². The minimum Gasteiger partial charge on any atom is -0.351 e. The molecule has 0 aliphatic heterocycles. The first-order valence-corrected chi connectivity index (χ1v) is 9.99. The monoisotopic (exact) mass is 411 g/mol. The number of halogens is 1. The minimum atomic E-state index is -0.453. The Morgan fingerprint density at radius 1 is 1.07 bits per heavy atom. The van der Waals surface area contributed by atoms with Crippen molar-refractivity contribution in [2.75, 3.05) is 31.5 Å². The van der Waals surface area contributed by atoms with Crippen molar-refractivity contribution in [3.63, 3.8) is 0 Å². The molecule has 2 heterocycles. The van der Waals surface area contributed by atoms with Crippen LogP contribution in [0.5, 0.6) is 0 Å². The number of rotatable bonds is 8. The van der Waals surface area contributed by atoms with E-state index in [0.29, 0.717) is 29.1 Å². The summed E-state index contributed by atoms with van der Waals surface area (Å²) in [5.41, 5.74) is 2.31. The maximum absolute atomic E-state index is 13.6. The summed E-state index contributed by atoms with van der Waals surface area (Å²) >= 11 is 0. The van der Waals surface area contributed by atoms with E-state index in [1.54, 1.807) is 31.2 Å². The van der Waals surface area contributed by atoms with Gasteiger partial charge in [-0.2, -0.15) is 0 Å². The van der Waals surface area contributed by atoms with Crippen molar-refractivity contribution in [2.24, 2.45) is 0 Å². The quantitative estimate of drug-likeness (QED) is 0.597. The molecule has 3 aromatic rings.